The van der Waals surface area contributed by atoms with Crippen LogP contribution < -0.4 is 5.09 Å². The van der Waals surface area contributed by atoms with Crippen molar-refractivity contribution in [3.8, 4) is 0 Å². The van der Waals surface area contributed by atoms with Crippen molar-refractivity contribution in [1.82, 2.24) is 5.09 Å². The second kappa shape index (κ2) is 4.58. The van der Waals surface area contributed by atoms with E-state index < -0.39 is 7.29 Å². The number of hydrogen-bond acceptors (Lipinski definition) is 3. The summed E-state index contributed by atoms with van der Waals surface area (Å²) in [5, 5.41) is 2.76. The Morgan fingerprint density at radius 1 is 1.54 bits per heavy atom. The fourth-order valence-corrected chi connectivity index (χ4v) is 2.92. The maximum absolute atomic E-state index is 11.7. The highest BCUT2D eigenvalue weighted by molar-refractivity contribution is 7.62. The normalized spacial score (nSPS) is 18.8. The van der Waals surface area contributed by atoms with Crippen LogP contribution in [0.2, 0.25) is 0 Å². The lowest BCUT2D eigenvalue weighted by Crippen LogP contribution is -2.23. The lowest BCUT2D eigenvalue weighted by atomic mass is 10.6. The molecule has 0 amide bonds. The van der Waals surface area contributed by atoms with Crippen molar-refractivity contribution in [3.63, 3.8) is 0 Å². The Morgan fingerprint density at radius 3 is 2.69 bits per heavy atom. The van der Waals surface area contributed by atoms with Crippen LogP contribution in [0.15, 0.2) is 12.2 Å². The van der Waals surface area contributed by atoms with Gasteiger partial charge < -0.3 is 9.30 Å². The molecular formula is C8H14NO3P. The minimum atomic E-state index is -2.31. The van der Waals surface area contributed by atoms with Gasteiger partial charge in [-0.05, 0) is 6.92 Å². The molecule has 1 N–H and O–H groups in total. The molecule has 13 heavy (non-hydrogen) atoms. The van der Waals surface area contributed by atoms with Crippen LogP contribution in [-0.4, -0.2) is 31.4 Å². The van der Waals surface area contributed by atoms with Crippen molar-refractivity contribution in [1.29, 1.82) is 0 Å². The molecule has 0 atom stereocenters. The predicted molar refractivity (Wildman–Crippen MR) is 51.1 cm³/mol. The van der Waals surface area contributed by atoms with Crippen molar-refractivity contribution in [2.75, 3.05) is 25.5 Å². The van der Waals surface area contributed by atoms with E-state index in [0.29, 0.717) is 18.9 Å². The minimum Gasteiger partial charge on any atom is -0.465 e. The predicted octanol–water partition coefficient (Wildman–Crippen LogP) is 0.987. The van der Waals surface area contributed by atoms with Crippen molar-refractivity contribution in [2.24, 2.45) is 0 Å². The van der Waals surface area contributed by atoms with E-state index in [2.05, 4.69) is 5.09 Å². The monoisotopic (exact) mass is 203 g/mol. The van der Waals surface area contributed by atoms with E-state index in [1.165, 1.54) is 0 Å². The number of rotatable bonds is 4. The molecule has 1 rings (SSSR count). The third-order valence-electron chi connectivity index (χ3n) is 1.78. The molecule has 0 aromatic carbocycles. The van der Waals surface area contributed by atoms with Gasteiger partial charge in [-0.25, -0.2) is 0 Å². The van der Waals surface area contributed by atoms with Crippen LogP contribution in [0.3, 0.4) is 0 Å². The highest BCUT2D eigenvalue weighted by Crippen LogP contribution is 2.44. The summed E-state index contributed by atoms with van der Waals surface area (Å²) in [6, 6.07) is 0. The number of esters is 1. The van der Waals surface area contributed by atoms with Gasteiger partial charge in [0.15, 0.2) is 7.29 Å². The van der Waals surface area contributed by atoms with E-state index in [0.717, 1.165) is 0 Å². The molecule has 0 spiro atoms. The summed E-state index contributed by atoms with van der Waals surface area (Å²) in [7, 11) is -2.31. The van der Waals surface area contributed by atoms with E-state index in [-0.39, 0.29) is 12.5 Å². The first-order chi connectivity index (χ1) is 6.16. The second-order valence-corrected chi connectivity index (χ2v) is 5.69. The smallest absolute Gasteiger partial charge is 0.320 e. The Hall–Kier alpha value is -0.600. The Bertz CT molecular complexity index is 250. The fourth-order valence-electron chi connectivity index (χ4n) is 1.11. The SMILES string of the molecule is CCOC(=O)CNP1(=O)CC=CC1. The first-order valence-electron chi connectivity index (χ1n) is 4.30. The van der Waals surface area contributed by atoms with Gasteiger partial charge in [-0.1, -0.05) is 12.2 Å². The van der Waals surface area contributed by atoms with Gasteiger partial charge in [0.1, 0.15) is 0 Å². The van der Waals surface area contributed by atoms with E-state index >= 15 is 0 Å². The van der Waals surface area contributed by atoms with Gasteiger partial charge in [-0.2, -0.15) is 0 Å². The van der Waals surface area contributed by atoms with E-state index in [4.69, 9.17) is 4.74 Å². The van der Waals surface area contributed by atoms with Crippen LogP contribution in [0.4, 0.5) is 0 Å². The highest BCUT2D eigenvalue weighted by Gasteiger charge is 2.23. The summed E-state index contributed by atoms with van der Waals surface area (Å²) in [4.78, 5) is 10.9. The fraction of sp³-hybridized carbons (Fsp3) is 0.625. The Morgan fingerprint density at radius 2 is 2.15 bits per heavy atom. The number of ether oxygens (including phenoxy) is 1. The number of hydrogen-bond donors (Lipinski definition) is 1. The number of allylic oxidation sites excluding steroid dienone is 2. The van der Waals surface area contributed by atoms with Gasteiger partial charge in [0.2, 0.25) is 0 Å². The van der Waals surface area contributed by atoms with Crippen LogP contribution in [0.5, 0.6) is 0 Å². The topological polar surface area (TPSA) is 55.4 Å². The summed E-state index contributed by atoms with van der Waals surface area (Å²) in [6.45, 7) is 2.16. The molecule has 0 aromatic heterocycles. The lowest BCUT2D eigenvalue weighted by Gasteiger charge is -2.11. The van der Waals surface area contributed by atoms with E-state index in [1.807, 2.05) is 12.2 Å². The molecule has 1 heterocycles. The molecule has 0 aromatic rings. The van der Waals surface area contributed by atoms with Crippen molar-refractivity contribution in [3.05, 3.63) is 12.2 Å². The van der Waals surface area contributed by atoms with Crippen molar-refractivity contribution < 1.29 is 14.1 Å². The molecule has 4 nitrogen and oxygen atoms in total. The van der Waals surface area contributed by atoms with Crippen LogP contribution in [0, 0.1) is 0 Å². The molecule has 1 aliphatic heterocycles. The van der Waals surface area contributed by atoms with Crippen LogP contribution in [-0.2, 0) is 14.1 Å². The van der Waals surface area contributed by atoms with Gasteiger partial charge >= 0.3 is 5.97 Å². The molecule has 5 heteroatoms. The Kier molecular flexibility index (Phi) is 3.70. The number of carbonyl (C=O) groups is 1. The molecule has 1 aliphatic rings. The van der Waals surface area contributed by atoms with Crippen LogP contribution in [0.1, 0.15) is 6.92 Å². The molecule has 0 saturated heterocycles. The standard InChI is InChI=1S/C8H14NO3P/c1-2-12-8(10)7-9-13(11)5-3-4-6-13/h3-4H,2,5-7H2,1H3,(H,9,11). The molecule has 0 saturated carbocycles. The number of nitrogens with one attached hydrogen (secondary N) is 1. The van der Waals surface area contributed by atoms with E-state index in [1.54, 1.807) is 6.92 Å². The Labute approximate surface area is 77.8 Å². The summed E-state index contributed by atoms with van der Waals surface area (Å²) >= 11 is 0. The minimum absolute atomic E-state index is 0.0484. The lowest BCUT2D eigenvalue weighted by molar-refractivity contribution is -0.141. The highest BCUT2D eigenvalue weighted by atomic mass is 31.2. The molecule has 74 valence electrons. The zero-order valence-corrected chi connectivity index (χ0v) is 8.55. The largest absolute Gasteiger partial charge is 0.465 e. The molecule has 0 fully saturated rings. The van der Waals surface area contributed by atoms with E-state index in [9.17, 15) is 9.36 Å². The van der Waals surface area contributed by atoms with Crippen molar-refractivity contribution >= 4 is 13.3 Å². The third kappa shape index (κ3) is 3.33. The summed E-state index contributed by atoms with van der Waals surface area (Å²) in [5.41, 5.74) is 0. The van der Waals surface area contributed by atoms with Gasteiger partial charge in [0.25, 0.3) is 0 Å². The van der Waals surface area contributed by atoms with Crippen LogP contribution in [0.25, 0.3) is 0 Å². The van der Waals surface area contributed by atoms with Gasteiger partial charge in [0.05, 0.1) is 13.2 Å². The summed E-state index contributed by atoms with van der Waals surface area (Å²) in [6.07, 6.45) is 4.84. The molecule has 0 bridgehead atoms. The van der Waals surface area contributed by atoms with Gasteiger partial charge in [0, 0.05) is 12.3 Å². The van der Waals surface area contributed by atoms with Crippen LogP contribution >= 0.6 is 7.29 Å². The zero-order chi connectivity index (χ0) is 9.73. The molecular weight excluding hydrogens is 189 g/mol. The molecule has 0 aliphatic carbocycles. The summed E-state index contributed by atoms with van der Waals surface area (Å²) in [5.74, 6) is -0.343. The van der Waals surface area contributed by atoms with Gasteiger partial charge in [-0.15, -0.1) is 0 Å². The second-order valence-electron chi connectivity index (χ2n) is 2.87. The van der Waals surface area contributed by atoms with Crippen molar-refractivity contribution in [2.45, 2.75) is 6.92 Å². The number of carbonyl (C=O) groups excluding carboxylic acids is 1. The maximum atomic E-state index is 11.7. The Balaban J connectivity index is 2.26. The average molecular weight is 203 g/mol. The van der Waals surface area contributed by atoms with Gasteiger partial charge in [-0.3, -0.25) is 9.88 Å². The summed E-state index contributed by atoms with van der Waals surface area (Å²) < 4.78 is 16.4. The quantitative estimate of drug-likeness (QED) is 0.420. The average Bonchev–Trinajstić information content (AvgIpc) is 2.51. The molecule has 0 radical (unpaired) electrons. The molecule has 0 unspecified atom stereocenters. The first kappa shape index (κ1) is 10.5. The zero-order valence-electron chi connectivity index (χ0n) is 7.66. The first-order valence-corrected chi connectivity index (χ1v) is 6.38. The maximum Gasteiger partial charge on any atom is 0.320 e. The third-order valence-corrected chi connectivity index (χ3v) is 4.12.